The molecule has 0 aliphatic carbocycles. The van der Waals surface area contributed by atoms with E-state index in [1.54, 1.807) is 38.1 Å². The maximum atomic E-state index is 12.1. The molecule has 2 aromatic carbocycles. The van der Waals surface area contributed by atoms with E-state index in [0.29, 0.717) is 48.2 Å². The van der Waals surface area contributed by atoms with Gasteiger partial charge in [-0.15, -0.1) is 0 Å². The molecule has 0 radical (unpaired) electrons. The smallest absolute Gasteiger partial charge is 0.274 e. The van der Waals surface area contributed by atoms with Gasteiger partial charge in [-0.05, 0) is 38.8 Å². The van der Waals surface area contributed by atoms with Crippen LogP contribution in [0, 0.1) is 34.1 Å². The van der Waals surface area contributed by atoms with Crippen molar-refractivity contribution in [2.24, 2.45) is 0 Å². The summed E-state index contributed by atoms with van der Waals surface area (Å²) < 4.78 is 0. The molecule has 0 fully saturated rings. The number of carbonyl (C=O) groups is 2. The maximum absolute atomic E-state index is 12.1. The van der Waals surface area contributed by atoms with Gasteiger partial charge >= 0.3 is 0 Å². The van der Waals surface area contributed by atoms with E-state index in [2.05, 4.69) is 10.6 Å². The van der Waals surface area contributed by atoms with Crippen molar-refractivity contribution in [1.29, 1.82) is 0 Å². The Balaban J connectivity index is 1.59. The van der Waals surface area contributed by atoms with Crippen molar-refractivity contribution in [3.05, 3.63) is 67.8 Å². The number of hydrogen-bond acceptors (Lipinski definition) is 6. The van der Waals surface area contributed by atoms with Gasteiger partial charge in [-0.2, -0.15) is 0 Å². The molecule has 2 N–H and O–H groups in total. The van der Waals surface area contributed by atoms with Gasteiger partial charge in [0.15, 0.2) is 0 Å². The van der Waals surface area contributed by atoms with Crippen LogP contribution in [-0.4, -0.2) is 21.7 Å². The molecule has 0 saturated heterocycles. The lowest BCUT2D eigenvalue weighted by Gasteiger charge is -2.09. The average molecular weight is 471 g/mol. The number of rotatable bonds is 13. The lowest BCUT2D eigenvalue weighted by Crippen LogP contribution is -2.12. The number of unbranched alkanes of at least 4 members (excludes halogenated alkanes) is 5. The molecule has 0 saturated carbocycles. The second kappa shape index (κ2) is 13.0. The minimum absolute atomic E-state index is 0.0216. The summed E-state index contributed by atoms with van der Waals surface area (Å²) in [5.74, 6) is -0.339. The van der Waals surface area contributed by atoms with Crippen molar-refractivity contribution in [2.45, 2.75) is 65.2 Å². The Morgan fingerprint density at radius 3 is 1.38 bits per heavy atom. The highest BCUT2D eigenvalue weighted by Crippen LogP contribution is 2.26. The van der Waals surface area contributed by atoms with Crippen molar-refractivity contribution < 1.29 is 19.4 Å². The summed E-state index contributed by atoms with van der Waals surface area (Å²) >= 11 is 0. The number of nitrogens with zero attached hydrogens (tertiary/aromatic N) is 2. The van der Waals surface area contributed by atoms with Gasteiger partial charge < -0.3 is 10.6 Å². The summed E-state index contributed by atoms with van der Waals surface area (Å²) in [5.41, 5.74) is 1.74. The fourth-order valence-electron chi connectivity index (χ4n) is 3.62. The van der Waals surface area contributed by atoms with Crippen molar-refractivity contribution in [3.63, 3.8) is 0 Å². The summed E-state index contributed by atoms with van der Waals surface area (Å²) in [6.07, 6.45) is 5.74. The van der Waals surface area contributed by atoms with Crippen molar-refractivity contribution in [2.75, 3.05) is 10.6 Å². The molecule has 0 spiro atoms. The number of benzene rings is 2. The van der Waals surface area contributed by atoms with Crippen molar-refractivity contribution in [1.82, 2.24) is 0 Å². The average Bonchev–Trinajstić information content (AvgIpc) is 2.78. The van der Waals surface area contributed by atoms with E-state index >= 15 is 0 Å². The fourth-order valence-corrected chi connectivity index (χ4v) is 3.62. The number of nitro benzene ring substituents is 2. The summed E-state index contributed by atoms with van der Waals surface area (Å²) in [5, 5.41) is 27.5. The molecule has 182 valence electrons. The van der Waals surface area contributed by atoms with Gasteiger partial charge in [-0.25, -0.2) is 0 Å². The molecule has 0 aliphatic rings. The molecule has 0 aliphatic heterocycles. The first-order valence-electron chi connectivity index (χ1n) is 11.3. The lowest BCUT2D eigenvalue weighted by atomic mass is 10.1. The zero-order chi connectivity index (χ0) is 25.1. The first kappa shape index (κ1) is 26.4. The standard InChI is InChI=1S/C24H30N4O6/c1-17-19(11-9-13-21(17)27(31)32)25-23(29)15-7-5-3-4-6-8-16-24(30)26-20-12-10-14-22(18(20)2)28(33)34/h9-14H,3-8,15-16H2,1-2H3,(H,25,29)(H,26,30). The summed E-state index contributed by atoms with van der Waals surface area (Å²) in [6, 6.07) is 9.21. The van der Waals surface area contributed by atoms with E-state index in [4.69, 9.17) is 0 Å². The second-order valence-corrected chi connectivity index (χ2v) is 8.13. The van der Waals surface area contributed by atoms with E-state index in [1.165, 1.54) is 12.1 Å². The zero-order valence-electron chi connectivity index (χ0n) is 19.5. The topological polar surface area (TPSA) is 144 Å². The van der Waals surface area contributed by atoms with Crippen LogP contribution in [0.4, 0.5) is 22.7 Å². The largest absolute Gasteiger partial charge is 0.326 e. The molecule has 10 heteroatoms. The van der Waals surface area contributed by atoms with Crippen LogP contribution in [0.3, 0.4) is 0 Å². The Morgan fingerprint density at radius 1 is 0.676 bits per heavy atom. The van der Waals surface area contributed by atoms with E-state index in [1.807, 2.05) is 0 Å². The van der Waals surface area contributed by atoms with Crippen molar-refractivity contribution >= 4 is 34.6 Å². The molecule has 0 unspecified atom stereocenters. The molecule has 0 aromatic heterocycles. The minimum atomic E-state index is -0.469. The predicted molar refractivity (Wildman–Crippen MR) is 130 cm³/mol. The van der Waals surface area contributed by atoms with Crippen LogP contribution in [0.15, 0.2) is 36.4 Å². The van der Waals surface area contributed by atoms with Crippen LogP contribution in [-0.2, 0) is 9.59 Å². The Kier molecular flexibility index (Phi) is 10.1. The first-order chi connectivity index (χ1) is 16.2. The first-order valence-corrected chi connectivity index (χ1v) is 11.3. The Morgan fingerprint density at radius 2 is 1.03 bits per heavy atom. The number of anilines is 2. The van der Waals surface area contributed by atoms with Gasteiger partial charge in [0.25, 0.3) is 11.4 Å². The van der Waals surface area contributed by atoms with Crippen LogP contribution in [0.1, 0.15) is 62.5 Å². The lowest BCUT2D eigenvalue weighted by molar-refractivity contribution is -0.385. The minimum Gasteiger partial charge on any atom is -0.326 e. The zero-order valence-corrected chi connectivity index (χ0v) is 19.5. The highest BCUT2D eigenvalue weighted by Gasteiger charge is 2.15. The van der Waals surface area contributed by atoms with Gasteiger partial charge in [-0.1, -0.05) is 37.8 Å². The highest BCUT2D eigenvalue weighted by atomic mass is 16.6. The Hall–Kier alpha value is -3.82. The van der Waals surface area contributed by atoms with E-state index in [0.717, 1.165) is 25.7 Å². The maximum Gasteiger partial charge on any atom is 0.274 e. The van der Waals surface area contributed by atoms with Crippen molar-refractivity contribution in [3.8, 4) is 0 Å². The Bertz CT molecular complexity index is 970. The molecule has 0 heterocycles. The molecular weight excluding hydrogens is 440 g/mol. The predicted octanol–water partition coefficient (Wildman–Crippen LogP) is 5.82. The quantitative estimate of drug-likeness (QED) is 0.214. The number of nitrogens with one attached hydrogen (secondary N) is 2. The van der Waals surface area contributed by atoms with Gasteiger partial charge in [0, 0.05) is 25.0 Å². The molecule has 0 atom stereocenters. The van der Waals surface area contributed by atoms with Crippen LogP contribution >= 0.6 is 0 Å². The van der Waals surface area contributed by atoms with E-state index < -0.39 is 9.85 Å². The summed E-state index contributed by atoms with van der Waals surface area (Å²) in [7, 11) is 0. The molecule has 10 nitrogen and oxygen atoms in total. The third kappa shape index (κ3) is 7.95. The molecule has 0 bridgehead atoms. The number of amides is 2. The number of nitro groups is 2. The van der Waals surface area contributed by atoms with Crippen LogP contribution in [0.2, 0.25) is 0 Å². The number of hydrogen-bond donors (Lipinski definition) is 2. The molecule has 2 rings (SSSR count). The molecule has 2 amide bonds. The monoisotopic (exact) mass is 470 g/mol. The molecular formula is C24H30N4O6. The normalized spacial score (nSPS) is 10.5. The molecule has 2 aromatic rings. The third-order valence-electron chi connectivity index (χ3n) is 5.61. The SMILES string of the molecule is Cc1c(NC(=O)CCCCCCCCC(=O)Nc2cccc([N+](=O)[O-])c2C)cccc1[N+](=O)[O-]. The van der Waals surface area contributed by atoms with Crippen LogP contribution < -0.4 is 10.6 Å². The van der Waals surface area contributed by atoms with E-state index in [9.17, 15) is 29.8 Å². The van der Waals surface area contributed by atoms with Crippen LogP contribution in [0.5, 0.6) is 0 Å². The summed E-state index contributed by atoms with van der Waals surface area (Å²) in [6.45, 7) is 3.22. The van der Waals surface area contributed by atoms with Gasteiger partial charge in [0.2, 0.25) is 11.8 Å². The highest BCUT2D eigenvalue weighted by molar-refractivity contribution is 5.92. The fraction of sp³-hybridized carbons (Fsp3) is 0.417. The summed E-state index contributed by atoms with van der Waals surface area (Å²) in [4.78, 5) is 45.3. The van der Waals surface area contributed by atoms with Gasteiger partial charge in [-0.3, -0.25) is 29.8 Å². The second-order valence-electron chi connectivity index (χ2n) is 8.13. The third-order valence-corrected chi connectivity index (χ3v) is 5.61. The van der Waals surface area contributed by atoms with Crippen LogP contribution in [0.25, 0.3) is 0 Å². The number of carbonyl (C=O) groups excluding carboxylic acids is 2. The van der Waals surface area contributed by atoms with E-state index in [-0.39, 0.29) is 23.2 Å². The Labute approximate surface area is 198 Å². The van der Waals surface area contributed by atoms with Gasteiger partial charge in [0.05, 0.1) is 32.3 Å². The van der Waals surface area contributed by atoms with Gasteiger partial charge in [0.1, 0.15) is 0 Å². The molecule has 34 heavy (non-hydrogen) atoms.